The molecule has 60 valence electrons. The zero-order valence-electron chi connectivity index (χ0n) is 6.29. The number of benzene rings is 1. The monoisotopic (exact) mass is 178 g/mol. The van der Waals surface area contributed by atoms with Crippen molar-refractivity contribution in [3.8, 4) is 0 Å². The first kappa shape index (κ1) is 7.37. The summed E-state index contributed by atoms with van der Waals surface area (Å²) in [5.74, 6) is 0. The maximum absolute atomic E-state index is 5.72. The zero-order valence-corrected chi connectivity index (χ0v) is 7.05. The Kier molecular flexibility index (Phi) is 1.62. The number of fused-ring (bicyclic) bond motifs is 1. The molecule has 12 heavy (non-hydrogen) atoms. The van der Waals surface area contributed by atoms with E-state index in [2.05, 4.69) is 4.98 Å². The molecule has 0 saturated heterocycles. The van der Waals surface area contributed by atoms with Crippen LogP contribution in [-0.4, -0.2) is 4.98 Å². The van der Waals surface area contributed by atoms with Crippen molar-refractivity contribution in [3.63, 3.8) is 0 Å². The molecular weight excluding hydrogens is 172 g/mol. The van der Waals surface area contributed by atoms with Crippen LogP contribution in [0, 0.1) is 0 Å². The molecule has 1 heterocycles. The van der Waals surface area contributed by atoms with Crippen LogP contribution in [-0.2, 0) is 0 Å². The number of pyridine rings is 1. The Bertz CT molecular complexity index is 385. The summed E-state index contributed by atoms with van der Waals surface area (Å²) in [7, 11) is 0. The summed E-state index contributed by atoms with van der Waals surface area (Å²) in [5, 5.41) is 2.58. The minimum absolute atomic E-state index is 0.507. The SMILES string of the molecule is Nc1ccc2cc(Cl)ncc2c1. The van der Waals surface area contributed by atoms with Crippen LogP contribution in [0.5, 0.6) is 0 Å². The molecule has 0 aliphatic heterocycles. The van der Waals surface area contributed by atoms with E-state index >= 15 is 0 Å². The lowest BCUT2D eigenvalue weighted by molar-refractivity contribution is 1.36. The second-order valence-electron chi connectivity index (χ2n) is 2.61. The van der Waals surface area contributed by atoms with E-state index < -0.39 is 0 Å². The van der Waals surface area contributed by atoms with Gasteiger partial charge in [0.2, 0.25) is 0 Å². The Balaban J connectivity index is 2.79. The van der Waals surface area contributed by atoms with Crippen molar-refractivity contribution < 1.29 is 0 Å². The fraction of sp³-hybridized carbons (Fsp3) is 0. The van der Waals surface area contributed by atoms with E-state index in [1.54, 1.807) is 6.20 Å². The highest BCUT2D eigenvalue weighted by atomic mass is 35.5. The van der Waals surface area contributed by atoms with Gasteiger partial charge in [-0.2, -0.15) is 0 Å². The average Bonchev–Trinajstić information content (AvgIpc) is 2.05. The lowest BCUT2D eigenvalue weighted by atomic mass is 10.2. The predicted octanol–water partition coefficient (Wildman–Crippen LogP) is 2.47. The first-order valence-corrected chi connectivity index (χ1v) is 3.94. The number of halogens is 1. The molecule has 0 aliphatic rings. The van der Waals surface area contributed by atoms with E-state index in [-0.39, 0.29) is 0 Å². The normalized spacial score (nSPS) is 10.4. The van der Waals surface area contributed by atoms with Crippen LogP contribution in [0.25, 0.3) is 10.8 Å². The number of nitrogen functional groups attached to an aromatic ring is 1. The van der Waals surface area contributed by atoms with Crippen LogP contribution in [0.3, 0.4) is 0 Å². The van der Waals surface area contributed by atoms with E-state index in [4.69, 9.17) is 17.3 Å². The van der Waals surface area contributed by atoms with Crippen molar-refractivity contribution in [1.29, 1.82) is 0 Å². The quantitative estimate of drug-likeness (QED) is 0.497. The van der Waals surface area contributed by atoms with Crippen molar-refractivity contribution in [3.05, 3.63) is 35.6 Å². The molecular formula is C9H7ClN2. The summed E-state index contributed by atoms with van der Waals surface area (Å²) >= 11 is 5.72. The summed E-state index contributed by atoms with van der Waals surface area (Å²) in [6.45, 7) is 0. The third-order valence-corrected chi connectivity index (χ3v) is 1.92. The highest BCUT2D eigenvalue weighted by molar-refractivity contribution is 6.30. The minimum Gasteiger partial charge on any atom is -0.399 e. The Morgan fingerprint density at radius 2 is 2.00 bits per heavy atom. The van der Waals surface area contributed by atoms with Crippen molar-refractivity contribution in [2.45, 2.75) is 0 Å². The van der Waals surface area contributed by atoms with Gasteiger partial charge in [-0.3, -0.25) is 0 Å². The van der Waals surface area contributed by atoms with Crippen LogP contribution in [0.15, 0.2) is 30.5 Å². The topological polar surface area (TPSA) is 38.9 Å². The van der Waals surface area contributed by atoms with E-state index in [0.29, 0.717) is 5.15 Å². The van der Waals surface area contributed by atoms with Gasteiger partial charge in [0.1, 0.15) is 5.15 Å². The Labute approximate surface area is 75.0 Å². The predicted molar refractivity (Wildman–Crippen MR) is 51.2 cm³/mol. The molecule has 3 heteroatoms. The summed E-state index contributed by atoms with van der Waals surface area (Å²) in [5.41, 5.74) is 6.34. The molecule has 0 amide bonds. The van der Waals surface area contributed by atoms with Crippen molar-refractivity contribution in [2.75, 3.05) is 5.73 Å². The molecule has 0 fully saturated rings. The smallest absolute Gasteiger partial charge is 0.129 e. The van der Waals surface area contributed by atoms with Gasteiger partial charge in [-0.15, -0.1) is 0 Å². The first-order chi connectivity index (χ1) is 5.75. The second-order valence-corrected chi connectivity index (χ2v) is 3.00. The van der Waals surface area contributed by atoms with Crippen molar-refractivity contribution in [1.82, 2.24) is 4.98 Å². The number of nitrogens with zero attached hydrogens (tertiary/aromatic N) is 1. The fourth-order valence-electron chi connectivity index (χ4n) is 1.13. The molecule has 0 bridgehead atoms. The van der Waals surface area contributed by atoms with Crippen LogP contribution in [0.1, 0.15) is 0 Å². The van der Waals surface area contributed by atoms with Gasteiger partial charge in [0.25, 0.3) is 0 Å². The van der Waals surface area contributed by atoms with Crippen LogP contribution < -0.4 is 5.73 Å². The third-order valence-electron chi connectivity index (χ3n) is 1.71. The van der Waals surface area contributed by atoms with Crippen LogP contribution in [0.4, 0.5) is 5.69 Å². The molecule has 2 nitrogen and oxygen atoms in total. The highest BCUT2D eigenvalue weighted by Gasteiger charge is 1.95. The molecule has 0 atom stereocenters. The van der Waals surface area contributed by atoms with Gasteiger partial charge in [0.15, 0.2) is 0 Å². The van der Waals surface area contributed by atoms with Gasteiger partial charge >= 0.3 is 0 Å². The molecule has 0 unspecified atom stereocenters. The lowest BCUT2D eigenvalue weighted by Gasteiger charge is -1.98. The van der Waals surface area contributed by atoms with Crippen LogP contribution >= 0.6 is 11.6 Å². The molecule has 2 N–H and O–H groups in total. The van der Waals surface area contributed by atoms with Gasteiger partial charge in [-0.25, -0.2) is 4.98 Å². The number of hydrogen-bond acceptors (Lipinski definition) is 2. The maximum atomic E-state index is 5.72. The Hall–Kier alpha value is -1.28. The van der Waals surface area contributed by atoms with E-state index in [1.807, 2.05) is 24.3 Å². The molecule has 0 spiro atoms. The average molecular weight is 179 g/mol. The van der Waals surface area contributed by atoms with Gasteiger partial charge in [-0.1, -0.05) is 17.7 Å². The largest absolute Gasteiger partial charge is 0.399 e. The Morgan fingerprint density at radius 3 is 2.83 bits per heavy atom. The fourth-order valence-corrected chi connectivity index (χ4v) is 1.30. The zero-order chi connectivity index (χ0) is 8.55. The molecule has 0 radical (unpaired) electrons. The number of hydrogen-bond donors (Lipinski definition) is 1. The van der Waals surface area contributed by atoms with E-state index in [9.17, 15) is 0 Å². The maximum Gasteiger partial charge on any atom is 0.129 e. The third kappa shape index (κ3) is 1.21. The van der Waals surface area contributed by atoms with E-state index in [1.165, 1.54) is 0 Å². The number of nitrogens with two attached hydrogens (primary N) is 1. The van der Waals surface area contributed by atoms with Gasteiger partial charge in [0.05, 0.1) is 0 Å². The number of rotatable bonds is 0. The second kappa shape index (κ2) is 2.64. The van der Waals surface area contributed by atoms with Gasteiger partial charge in [-0.05, 0) is 23.6 Å². The molecule has 2 aromatic rings. The van der Waals surface area contributed by atoms with Crippen LogP contribution in [0.2, 0.25) is 5.15 Å². The molecule has 0 saturated carbocycles. The molecule has 0 aliphatic carbocycles. The lowest BCUT2D eigenvalue weighted by Crippen LogP contribution is -1.84. The van der Waals surface area contributed by atoms with Gasteiger partial charge < -0.3 is 5.73 Å². The summed E-state index contributed by atoms with van der Waals surface area (Å²) in [4.78, 5) is 3.96. The molecule has 2 rings (SSSR count). The summed E-state index contributed by atoms with van der Waals surface area (Å²) in [6, 6.07) is 7.46. The number of anilines is 1. The van der Waals surface area contributed by atoms with Gasteiger partial charge in [0, 0.05) is 17.3 Å². The van der Waals surface area contributed by atoms with Crippen molar-refractivity contribution >= 4 is 28.1 Å². The standard InChI is InChI=1S/C9H7ClN2/c10-9-4-6-1-2-8(11)3-7(6)5-12-9/h1-5H,11H2. The molecule has 1 aromatic carbocycles. The minimum atomic E-state index is 0.507. The highest BCUT2D eigenvalue weighted by Crippen LogP contribution is 2.18. The van der Waals surface area contributed by atoms with E-state index in [0.717, 1.165) is 16.5 Å². The number of aromatic nitrogens is 1. The molecule has 1 aromatic heterocycles. The van der Waals surface area contributed by atoms with Crippen molar-refractivity contribution in [2.24, 2.45) is 0 Å². The summed E-state index contributed by atoms with van der Waals surface area (Å²) in [6.07, 6.45) is 1.72. The summed E-state index contributed by atoms with van der Waals surface area (Å²) < 4.78 is 0. The first-order valence-electron chi connectivity index (χ1n) is 3.56. The Morgan fingerprint density at radius 1 is 1.17 bits per heavy atom.